The number of carbonyl (C=O) groups excluding carboxylic acids is 1. The first-order chi connectivity index (χ1) is 12.7. The van der Waals surface area contributed by atoms with Crippen LogP contribution in [0.5, 0.6) is 5.75 Å². The molecule has 0 saturated heterocycles. The number of para-hydroxylation sites is 1. The maximum Gasteiger partial charge on any atom is 0.225 e. The van der Waals surface area contributed by atoms with Gasteiger partial charge in [-0.2, -0.15) is 0 Å². The molecule has 2 aromatic carbocycles. The number of hydrogen-bond acceptors (Lipinski definition) is 3. The largest absolute Gasteiger partial charge is 0.487 e. The third kappa shape index (κ3) is 4.57. The number of anilines is 1. The lowest BCUT2D eigenvalue weighted by Gasteiger charge is -2.16. The Labute approximate surface area is 159 Å². The van der Waals surface area contributed by atoms with Gasteiger partial charge in [-0.3, -0.25) is 4.79 Å². The Hall–Kier alpha value is -2.04. The molecule has 5 heteroatoms. The number of aryl methyl sites for hydroxylation is 1. The van der Waals surface area contributed by atoms with Gasteiger partial charge in [0.2, 0.25) is 5.91 Å². The Bertz CT molecular complexity index is 763. The van der Waals surface area contributed by atoms with Crippen LogP contribution in [0.4, 0.5) is 5.69 Å². The predicted molar refractivity (Wildman–Crippen MR) is 104 cm³/mol. The zero-order chi connectivity index (χ0) is 18.4. The molecule has 0 spiro atoms. The van der Waals surface area contributed by atoms with Gasteiger partial charge in [0.15, 0.2) is 5.75 Å². The second kappa shape index (κ2) is 9.06. The normalized spacial score (nSPS) is 15.5. The molecule has 3 rings (SSSR count). The molecule has 0 fully saturated rings. The van der Waals surface area contributed by atoms with Gasteiger partial charge < -0.3 is 14.8 Å². The summed E-state index contributed by atoms with van der Waals surface area (Å²) < 4.78 is 11.0. The number of fused-ring (bicyclic) bond motifs is 1. The van der Waals surface area contributed by atoms with Crippen LogP contribution in [-0.4, -0.2) is 25.7 Å². The van der Waals surface area contributed by atoms with Crippen molar-refractivity contribution >= 4 is 23.2 Å². The lowest BCUT2D eigenvalue weighted by atomic mass is 9.97. The molecule has 0 heterocycles. The highest BCUT2D eigenvalue weighted by Crippen LogP contribution is 2.37. The number of carbonyl (C=O) groups is 1. The zero-order valence-corrected chi connectivity index (χ0v) is 15.7. The Morgan fingerprint density at radius 1 is 1.19 bits per heavy atom. The smallest absolute Gasteiger partial charge is 0.225 e. The first kappa shape index (κ1) is 18.7. The third-order valence-corrected chi connectivity index (χ3v) is 4.91. The zero-order valence-electron chi connectivity index (χ0n) is 15.0. The van der Waals surface area contributed by atoms with Crippen LogP contribution in [0.2, 0.25) is 5.02 Å². The molecular weight excluding hydrogens is 350 g/mol. The van der Waals surface area contributed by atoms with E-state index in [1.807, 2.05) is 19.1 Å². The molecule has 4 nitrogen and oxygen atoms in total. The summed E-state index contributed by atoms with van der Waals surface area (Å²) in [5, 5.41) is 3.44. The summed E-state index contributed by atoms with van der Waals surface area (Å²) in [6.07, 6.45) is 2.51. The van der Waals surface area contributed by atoms with Crippen molar-refractivity contribution in [2.45, 2.75) is 32.1 Å². The lowest BCUT2D eigenvalue weighted by Crippen LogP contribution is -2.16. The Balaban J connectivity index is 1.63. The molecule has 0 saturated carbocycles. The van der Waals surface area contributed by atoms with Crippen LogP contribution in [0.25, 0.3) is 0 Å². The van der Waals surface area contributed by atoms with Gasteiger partial charge in [0, 0.05) is 13.0 Å². The van der Waals surface area contributed by atoms with E-state index in [0.29, 0.717) is 42.7 Å². The molecule has 2 aromatic rings. The van der Waals surface area contributed by atoms with Gasteiger partial charge in [0.05, 0.1) is 17.3 Å². The van der Waals surface area contributed by atoms with E-state index in [2.05, 4.69) is 23.5 Å². The van der Waals surface area contributed by atoms with Crippen molar-refractivity contribution in [3.63, 3.8) is 0 Å². The van der Waals surface area contributed by atoms with Crippen LogP contribution < -0.4 is 10.1 Å². The molecule has 1 aliphatic carbocycles. The van der Waals surface area contributed by atoms with Gasteiger partial charge in [0.25, 0.3) is 0 Å². The molecule has 0 radical (unpaired) electrons. The number of nitrogens with one attached hydrogen (secondary N) is 1. The Morgan fingerprint density at radius 2 is 2.04 bits per heavy atom. The highest BCUT2D eigenvalue weighted by molar-refractivity contribution is 6.32. The fourth-order valence-electron chi connectivity index (χ4n) is 3.38. The van der Waals surface area contributed by atoms with Crippen molar-refractivity contribution in [2.24, 2.45) is 0 Å². The molecule has 26 heavy (non-hydrogen) atoms. The van der Waals surface area contributed by atoms with Gasteiger partial charge in [-0.25, -0.2) is 0 Å². The highest BCUT2D eigenvalue weighted by Gasteiger charge is 2.24. The minimum Gasteiger partial charge on any atom is -0.487 e. The van der Waals surface area contributed by atoms with Crippen LogP contribution in [-0.2, 0) is 16.0 Å². The summed E-state index contributed by atoms with van der Waals surface area (Å²) >= 11 is 6.25. The fraction of sp³-hybridized carbons (Fsp3) is 0.381. The van der Waals surface area contributed by atoms with E-state index in [1.54, 1.807) is 12.1 Å². The van der Waals surface area contributed by atoms with E-state index in [0.717, 1.165) is 12.8 Å². The van der Waals surface area contributed by atoms with Crippen LogP contribution in [0, 0.1) is 0 Å². The predicted octanol–water partition coefficient (Wildman–Crippen LogP) is 4.81. The van der Waals surface area contributed by atoms with Crippen molar-refractivity contribution in [3.8, 4) is 5.75 Å². The second-order valence-electron chi connectivity index (χ2n) is 6.35. The number of rotatable bonds is 8. The molecule has 0 bridgehead atoms. The molecule has 1 N–H and O–H groups in total. The van der Waals surface area contributed by atoms with Crippen LogP contribution in [0.3, 0.4) is 0 Å². The summed E-state index contributed by atoms with van der Waals surface area (Å²) in [5.74, 6) is 0.741. The van der Waals surface area contributed by atoms with E-state index in [1.165, 1.54) is 11.1 Å². The highest BCUT2D eigenvalue weighted by atomic mass is 35.5. The van der Waals surface area contributed by atoms with Crippen LogP contribution in [0.1, 0.15) is 36.8 Å². The number of hydrogen-bond donors (Lipinski definition) is 1. The summed E-state index contributed by atoms with van der Waals surface area (Å²) in [4.78, 5) is 12.6. The van der Waals surface area contributed by atoms with Gasteiger partial charge >= 0.3 is 0 Å². The summed E-state index contributed by atoms with van der Waals surface area (Å²) in [5.41, 5.74) is 3.25. The molecule has 1 atom stereocenters. The monoisotopic (exact) mass is 373 g/mol. The third-order valence-electron chi connectivity index (χ3n) is 4.61. The number of halogens is 1. The SMILES string of the molecule is CCOCCOc1c(Cl)cccc1NC(=O)CC1CCc2ccccc21. The standard InChI is InChI=1S/C21H24ClNO3/c1-2-25-12-13-26-21-18(22)8-5-9-19(21)23-20(24)14-16-11-10-15-6-3-4-7-17(15)16/h3-9,16H,2,10-14H2,1H3,(H,23,24). The average molecular weight is 374 g/mol. The first-order valence-electron chi connectivity index (χ1n) is 9.05. The molecule has 0 aromatic heterocycles. The molecule has 1 aliphatic rings. The molecule has 0 aliphatic heterocycles. The van der Waals surface area contributed by atoms with Crippen LogP contribution in [0.15, 0.2) is 42.5 Å². The maximum atomic E-state index is 12.6. The van der Waals surface area contributed by atoms with Crippen molar-refractivity contribution < 1.29 is 14.3 Å². The number of ether oxygens (including phenoxy) is 2. The van der Waals surface area contributed by atoms with E-state index in [-0.39, 0.29) is 11.8 Å². The average Bonchev–Trinajstić information content (AvgIpc) is 3.03. The van der Waals surface area contributed by atoms with E-state index >= 15 is 0 Å². The van der Waals surface area contributed by atoms with Crippen LogP contribution >= 0.6 is 11.6 Å². The summed E-state index contributed by atoms with van der Waals surface area (Å²) in [6.45, 7) is 3.44. The van der Waals surface area contributed by atoms with Crippen molar-refractivity contribution in [3.05, 3.63) is 58.6 Å². The van der Waals surface area contributed by atoms with Crippen molar-refractivity contribution in [2.75, 3.05) is 25.1 Å². The van der Waals surface area contributed by atoms with Gasteiger partial charge in [0.1, 0.15) is 6.61 Å². The second-order valence-corrected chi connectivity index (χ2v) is 6.76. The topological polar surface area (TPSA) is 47.6 Å². The molecule has 1 unspecified atom stereocenters. The molecule has 1 amide bonds. The molecular formula is C21H24ClNO3. The maximum absolute atomic E-state index is 12.6. The molecule has 138 valence electrons. The van der Waals surface area contributed by atoms with E-state index < -0.39 is 0 Å². The number of benzene rings is 2. The minimum atomic E-state index is -0.0244. The summed E-state index contributed by atoms with van der Waals surface area (Å²) in [7, 11) is 0. The van der Waals surface area contributed by atoms with Crippen molar-refractivity contribution in [1.29, 1.82) is 0 Å². The van der Waals surface area contributed by atoms with Crippen molar-refractivity contribution in [1.82, 2.24) is 0 Å². The van der Waals surface area contributed by atoms with Gasteiger partial charge in [-0.15, -0.1) is 0 Å². The first-order valence-corrected chi connectivity index (χ1v) is 9.43. The number of amides is 1. The van der Waals surface area contributed by atoms with E-state index in [4.69, 9.17) is 21.1 Å². The summed E-state index contributed by atoms with van der Waals surface area (Å²) in [6, 6.07) is 13.7. The lowest BCUT2D eigenvalue weighted by molar-refractivity contribution is -0.116. The minimum absolute atomic E-state index is 0.0244. The van der Waals surface area contributed by atoms with Gasteiger partial charge in [-0.1, -0.05) is 41.9 Å². The fourth-order valence-corrected chi connectivity index (χ4v) is 3.61. The Morgan fingerprint density at radius 3 is 2.88 bits per heavy atom. The van der Waals surface area contributed by atoms with Gasteiger partial charge in [-0.05, 0) is 48.9 Å². The van der Waals surface area contributed by atoms with E-state index in [9.17, 15) is 4.79 Å². The quantitative estimate of drug-likeness (QED) is 0.675. The Kier molecular flexibility index (Phi) is 6.53.